The van der Waals surface area contributed by atoms with Crippen molar-refractivity contribution in [2.24, 2.45) is 11.8 Å². The van der Waals surface area contributed by atoms with E-state index in [0.717, 1.165) is 18.4 Å². The molecule has 0 radical (unpaired) electrons. The predicted molar refractivity (Wildman–Crippen MR) is 56.4 cm³/mol. The summed E-state index contributed by atoms with van der Waals surface area (Å²) in [5, 5.41) is 3.58. The van der Waals surface area contributed by atoms with Crippen LogP contribution >= 0.6 is 0 Å². The van der Waals surface area contributed by atoms with Crippen LogP contribution in [0.15, 0.2) is 0 Å². The van der Waals surface area contributed by atoms with E-state index in [-0.39, 0.29) is 0 Å². The zero-order chi connectivity index (χ0) is 9.56. The summed E-state index contributed by atoms with van der Waals surface area (Å²) in [5.41, 5.74) is 0. The monoisotopic (exact) mass is 171 g/mol. The second-order valence-corrected chi connectivity index (χ2v) is 3.90. The average molecular weight is 171 g/mol. The van der Waals surface area contributed by atoms with Gasteiger partial charge in [-0.25, -0.2) is 0 Å². The van der Waals surface area contributed by atoms with Crippen LogP contribution in [-0.4, -0.2) is 12.6 Å². The highest BCUT2D eigenvalue weighted by atomic mass is 14.9. The van der Waals surface area contributed by atoms with E-state index in [1.54, 1.807) is 0 Å². The van der Waals surface area contributed by atoms with Crippen molar-refractivity contribution in [3.63, 3.8) is 0 Å². The Balaban J connectivity index is 4.05. The summed E-state index contributed by atoms with van der Waals surface area (Å²) in [6, 6.07) is 0.713. The first-order valence-corrected chi connectivity index (χ1v) is 5.40. The molecular formula is C11H25N. The zero-order valence-corrected chi connectivity index (χ0v) is 9.35. The quantitative estimate of drug-likeness (QED) is 0.647. The van der Waals surface area contributed by atoms with Gasteiger partial charge in [-0.2, -0.15) is 0 Å². The van der Waals surface area contributed by atoms with Gasteiger partial charge in [-0.1, -0.05) is 47.5 Å². The van der Waals surface area contributed by atoms with Crippen LogP contribution < -0.4 is 5.32 Å². The van der Waals surface area contributed by atoms with Gasteiger partial charge >= 0.3 is 0 Å². The molecule has 1 unspecified atom stereocenters. The molecular weight excluding hydrogens is 146 g/mol. The lowest BCUT2D eigenvalue weighted by atomic mass is 9.86. The molecule has 0 bridgehead atoms. The van der Waals surface area contributed by atoms with Gasteiger partial charge in [0.25, 0.3) is 0 Å². The van der Waals surface area contributed by atoms with Crippen molar-refractivity contribution in [3.05, 3.63) is 0 Å². The minimum atomic E-state index is 0.713. The lowest BCUT2D eigenvalue weighted by molar-refractivity contribution is 0.272. The lowest BCUT2D eigenvalue weighted by Crippen LogP contribution is -2.39. The second-order valence-electron chi connectivity index (χ2n) is 3.90. The molecule has 1 N–H and O–H groups in total. The fraction of sp³-hybridized carbons (Fsp3) is 1.00. The van der Waals surface area contributed by atoms with Gasteiger partial charge in [0.2, 0.25) is 0 Å². The molecule has 1 heteroatoms. The van der Waals surface area contributed by atoms with Crippen LogP contribution in [0.3, 0.4) is 0 Å². The van der Waals surface area contributed by atoms with Gasteiger partial charge in [0.15, 0.2) is 0 Å². The first kappa shape index (κ1) is 12.0. The largest absolute Gasteiger partial charge is 0.314 e. The topological polar surface area (TPSA) is 12.0 Å². The van der Waals surface area contributed by atoms with Crippen molar-refractivity contribution in [2.75, 3.05) is 6.54 Å². The molecule has 1 nitrogen and oxygen atoms in total. The van der Waals surface area contributed by atoms with Gasteiger partial charge in [-0.3, -0.25) is 0 Å². The van der Waals surface area contributed by atoms with Crippen molar-refractivity contribution in [1.29, 1.82) is 0 Å². The van der Waals surface area contributed by atoms with E-state index in [0.29, 0.717) is 6.04 Å². The molecule has 0 heterocycles. The molecule has 0 rings (SSSR count). The highest BCUT2D eigenvalue weighted by Crippen LogP contribution is 2.19. The van der Waals surface area contributed by atoms with Crippen LogP contribution in [0.5, 0.6) is 0 Å². The molecule has 0 aromatic rings. The van der Waals surface area contributed by atoms with Crippen LogP contribution in [0.2, 0.25) is 0 Å². The standard InChI is InChI=1S/C11H25N/c1-6-10(7-2)11(9(4)5)12-8-3/h9-12H,6-8H2,1-5H3. The molecule has 0 aliphatic rings. The van der Waals surface area contributed by atoms with Gasteiger partial charge in [-0.15, -0.1) is 0 Å². The number of rotatable bonds is 6. The third-order valence-electron chi connectivity index (χ3n) is 2.71. The minimum absolute atomic E-state index is 0.713. The molecule has 0 saturated carbocycles. The maximum absolute atomic E-state index is 3.58. The van der Waals surface area contributed by atoms with Crippen LogP contribution in [0, 0.1) is 11.8 Å². The third kappa shape index (κ3) is 3.57. The molecule has 12 heavy (non-hydrogen) atoms. The van der Waals surface area contributed by atoms with Gasteiger partial charge in [0.1, 0.15) is 0 Å². The molecule has 0 fully saturated rings. The Hall–Kier alpha value is -0.0400. The Bertz CT molecular complexity index is 95.2. The summed E-state index contributed by atoms with van der Waals surface area (Å²) >= 11 is 0. The van der Waals surface area contributed by atoms with E-state index in [9.17, 15) is 0 Å². The average Bonchev–Trinajstić information content (AvgIpc) is 2.05. The molecule has 0 amide bonds. The van der Waals surface area contributed by atoms with E-state index in [2.05, 4.69) is 39.9 Å². The Morgan fingerprint density at radius 1 is 1.00 bits per heavy atom. The Morgan fingerprint density at radius 2 is 1.50 bits per heavy atom. The smallest absolute Gasteiger partial charge is 0.0118 e. The normalized spacial score (nSPS) is 14.2. The van der Waals surface area contributed by atoms with Gasteiger partial charge in [0.05, 0.1) is 0 Å². The fourth-order valence-corrected chi connectivity index (χ4v) is 1.98. The molecule has 0 aromatic heterocycles. The number of nitrogens with one attached hydrogen (secondary N) is 1. The maximum atomic E-state index is 3.58. The Labute approximate surface area is 77.9 Å². The van der Waals surface area contributed by atoms with Crippen molar-refractivity contribution in [3.8, 4) is 0 Å². The molecule has 74 valence electrons. The molecule has 0 aromatic carbocycles. The molecule has 0 spiro atoms. The zero-order valence-electron chi connectivity index (χ0n) is 9.35. The summed E-state index contributed by atoms with van der Waals surface area (Å²) in [6.07, 6.45) is 2.60. The third-order valence-corrected chi connectivity index (χ3v) is 2.71. The second kappa shape index (κ2) is 6.47. The molecule has 0 aliphatic heterocycles. The van der Waals surface area contributed by atoms with Gasteiger partial charge in [-0.05, 0) is 18.4 Å². The SMILES string of the molecule is CCNC(C(C)C)C(CC)CC. The highest BCUT2D eigenvalue weighted by Gasteiger charge is 2.19. The summed E-state index contributed by atoms with van der Waals surface area (Å²) in [5.74, 6) is 1.61. The predicted octanol–water partition coefficient (Wildman–Crippen LogP) is 3.06. The van der Waals surface area contributed by atoms with E-state index >= 15 is 0 Å². The summed E-state index contributed by atoms with van der Waals surface area (Å²) < 4.78 is 0. The van der Waals surface area contributed by atoms with Gasteiger partial charge in [0, 0.05) is 6.04 Å². The first-order valence-electron chi connectivity index (χ1n) is 5.40. The summed E-state index contributed by atoms with van der Waals surface area (Å²) in [7, 11) is 0. The van der Waals surface area contributed by atoms with Crippen LogP contribution in [0.4, 0.5) is 0 Å². The van der Waals surface area contributed by atoms with Crippen molar-refractivity contribution in [2.45, 2.75) is 53.5 Å². The van der Waals surface area contributed by atoms with Crippen molar-refractivity contribution < 1.29 is 0 Å². The minimum Gasteiger partial charge on any atom is -0.314 e. The number of hydrogen-bond donors (Lipinski definition) is 1. The lowest BCUT2D eigenvalue weighted by Gasteiger charge is -2.29. The Kier molecular flexibility index (Phi) is 6.45. The van der Waals surface area contributed by atoms with Crippen LogP contribution in [0.1, 0.15) is 47.5 Å². The molecule has 0 aliphatic carbocycles. The van der Waals surface area contributed by atoms with E-state index in [1.165, 1.54) is 12.8 Å². The van der Waals surface area contributed by atoms with Crippen molar-refractivity contribution >= 4 is 0 Å². The van der Waals surface area contributed by atoms with Crippen molar-refractivity contribution in [1.82, 2.24) is 5.32 Å². The van der Waals surface area contributed by atoms with E-state index in [1.807, 2.05) is 0 Å². The fourth-order valence-electron chi connectivity index (χ4n) is 1.98. The van der Waals surface area contributed by atoms with E-state index in [4.69, 9.17) is 0 Å². The first-order chi connectivity index (χ1) is 5.67. The maximum Gasteiger partial charge on any atom is 0.0118 e. The van der Waals surface area contributed by atoms with Gasteiger partial charge < -0.3 is 5.32 Å². The summed E-state index contributed by atoms with van der Waals surface area (Å²) in [6.45, 7) is 12.5. The Morgan fingerprint density at radius 3 is 1.75 bits per heavy atom. The van der Waals surface area contributed by atoms with Crippen LogP contribution in [-0.2, 0) is 0 Å². The summed E-state index contributed by atoms with van der Waals surface area (Å²) in [4.78, 5) is 0. The van der Waals surface area contributed by atoms with Crippen LogP contribution in [0.25, 0.3) is 0 Å². The highest BCUT2D eigenvalue weighted by molar-refractivity contribution is 4.76. The van der Waals surface area contributed by atoms with E-state index < -0.39 is 0 Å². The molecule has 1 atom stereocenters. The number of hydrogen-bond acceptors (Lipinski definition) is 1. The molecule has 0 saturated heterocycles.